The smallest absolute Gasteiger partial charge is 0.258 e. The fourth-order valence-electron chi connectivity index (χ4n) is 2.38. The second-order valence-electron chi connectivity index (χ2n) is 5.18. The maximum atomic E-state index is 12.1. The van der Waals surface area contributed by atoms with Crippen molar-refractivity contribution in [1.29, 1.82) is 0 Å². The summed E-state index contributed by atoms with van der Waals surface area (Å²) in [6.45, 7) is 0. The van der Waals surface area contributed by atoms with Crippen LogP contribution in [0.1, 0.15) is 0 Å². The molecule has 0 radical (unpaired) electrons. The molecule has 0 atom stereocenters. The minimum absolute atomic E-state index is 0.0458. The zero-order valence-corrected chi connectivity index (χ0v) is 13.5. The number of nitrogens with zero attached hydrogens (tertiary/aromatic N) is 3. The predicted molar refractivity (Wildman–Crippen MR) is 88.8 cm³/mol. The Morgan fingerprint density at radius 1 is 1.04 bits per heavy atom. The van der Waals surface area contributed by atoms with Gasteiger partial charge in [-0.3, -0.25) is 10.1 Å². The number of hydrogen-bond donors (Lipinski definition) is 0. The molecule has 1 heterocycles. The van der Waals surface area contributed by atoms with E-state index in [4.69, 9.17) is 0 Å². The van der Waals surface area contributed by atoms with E-state index in [1.54, 1.807) is 24.3 Å². The Morgan fingerprint density at radius 2 is 1.67 bits per heavy atom. The largest absolute Gasteiger partial charge is 0.269 e. The molecule has 0 aliphatic carbocycles. The third kappa shape index (κ3) is 2.91. The van der Waals surface area contributed by atoms with E-state index in [9.17, 15) is 18.5 Å². The summed E-state index contributed by atoms with van der Waals surface area (Å²) in [4.78, 5) is 10.4. The zero-order valence-electron chi connectivity index (χ0n) is 12.7. The first-order valence-corrected chi connectivity index (χ1v) is 8.85. The van der Waals surface area contributed by atoms with Crippen LogP contribution in [-0.2, 0) is 9.84 Å². The van der Waals surface area contributed by atoms with Crippen LogP contribution in [0.15, 0.2) is 65.7 Å². The highest BCUT2D eigenvalue weighted by Gasteiger charge is 2.21. The highest BCUT2D eigenvalue weighted by Crippen LogP contribution is 2.30. The average Bonchev–Trinajstić information content (AvgIpc) is 3.01. The van der Waals surface area contributed by atoms with E-state index in [2.05, 4.69) is 5.10 Å². The van der Waals surface area contributed by atoms with Gasteiger partial charge in [-0.1, -0.05) is 30.3 Å². The van der Waals surface area contributed by atoms with Crippen molar-refractivity contribution in [3.63, 3.8) is 0 Å². The maximum absolute atomic E-state index is 12.1. The minimum atomic E-state index is -3.48. The summed E-state index contributed by atoms with van der Waals surface area (Å²) in [5, 5.41) is 14.9. The van der Waals surface area contributed by atoms with Gasteiger partial charge in [-0.05, 0) is 12.1 Å². The van der Waals surface area contributed by atoms with Crippen molar-refractivity contribution in [3.05, 3.63) is 70.9 Å². The Labute approximate surface area is 138 Å². The lowest BCUT2D eigenvalue weighted by atomic mass is 10.1. The molecule has 0 saturated heterocycles. The molecule has 3 aromatic rings. The zero-order chi connectivity index (χ0) is 17.3. The van der Waals surface area contributed by atoms with Gasteiger partial charge in [0.1, 0.15) is 4.90 Å². The summed E-state index contributed by atoms with van der Waals surface area (Å²) < 4.78 is 25.6. The van der Waals surface area contributed by atoms with Gasteiger partial charge in [0, 0.05) is 24.0 Å². The fourth-order valence-corrected chi connectivity index (χ4v) is 3.17. The number of benzene rings is 2. The first kappa shape index (κ1) is 15.9. The van der Waals surface area contributed by atoms with E-state index in [0.29, 0.717) is 16.9 Å². The molecule has 0 fully saturated rings. The van der Waals surface area contributed by atoms with Crippen molar-refractivity contribution >= 4 is 15.5 Å². The van der Waals surface area contributed by atoms with Crippen molar-refractivity contribution in [1.82, 2.24) is 9.78 Å². The lowest BCUT2D eigenvalue weighted by Gasteiger charge is -2.09. The highest BCUT2D eigenvalue weighted by atomic mass is 32.2. The normalized spacial score (nSPS) is 11.4. The van der Waals surface area contributed by atoms with Gasteiger partial charge < -0.3 is 0 Å². The second-order valence-corrected chi connectivity index (χ2v) is 7.17. The average molecular weight is 343 g/mol. The number of hydrogen-bond acceptors (Lipinski definition) is 5. The van der Waals surface area contributed by atoms with Gasteiger partial charge >= 0.3 is 0 Å². The number of nitro groups is 1. The van der Waals surface area contributed by atoms with E-state index in [-0.39, 0.29) is 10.6 Å². The van der Waals surface area contributed by atoms with Crippen LogP contribution in [0.5, 0.6) is 0 Å². The third-order valence-corrected chi connectivity index (χ3v) is 4.59. The molecule has 0 aliphatic rings. The quantitative estimate of drug-likeness (QED) is 0.536. The number of non-ortho nitro benzene ring substituents is 1. The van der Waals surface area contributed by atoms with Crippen molar-refractivity contribution in [3.8, 4) is 16.9 Å². The molecule has 122 valence electrons. The summed E-state index contributed by atoms with van der Waals surface area (Å²) in [6.07, 6.45) is 2.41. The molecule has 0 bridgehead atoms. The Balaban J connectivity index is 2.22. The summed E-state index contributed by atoms with van der Waals surface area (Å²) in [6, 6.07) is 14.8. The Kier molecular flexibility index (Phi) is 3.90. The standard InChI is InChI=1S/C16H13N3O4S/c1-24(22,23)15-11-17-18(16(15)12-5-3-2-4-6-12)13-7-9-14(10-8-13)19(20)21/h2-11H,1H3. The molecule has 1 aromatic heterocycles. The summed E-state index contributed by atoms with van der Waals surface area (Å²) in [7, 11) is -3.48. The molecule has 0 spiro atoms. The van der Waals surface area contributed by atoms with Crippen LogP contribution in [0, 0.1) is 10.1 Å². The second kappa shape index (κ2) is 5.89. The van der Waals surface area contributed by atoms with Gasteiger partial charge in [-0.2, -0.15) is 5.10 Å². The Bertz CT molecular complexity index is 994. The van der Waals surface area contributed by atoms with Crippen LogP contribution in [0.3, 0.4) is 0 Å². The molecule has 2 aromatic carbocycles. The van der Waals surface area contributed by atoms with Crippen molar-refractivity contribution in [2.75, 3.05) is 6.26 Å². The maximum Gasteiger partial charge on any atom is 0.269 e. The molecule has 24 heavy (non-hydrogen) atoms. The molecule has 0 amide bonds. The summed E-state index contributed by atoms with van der Waals surface area (Å²) >= 11 is 0. The minimum Gasteiger partial charge on any atom is -0.258 e. The molecule has 7 nitrogen and oxygen atoms in total. The van der Waals surface area contributed by atoms with Crippen LogP contribution in [0.4, 0.5) is 5.69 Å². The van der Waals surface area contributed by atoms with Crippen LogP contribution in [0.2, 0.25) is 0 Å². The van der Waals surface area contributed by atoms with Gasteiger partial charge in [-0.25, -0.2) is 13.1 Å². The summed E-state index contributed by atoms with van der Waals surface area (Å²) in [5.41, 5.74) is 1.60. The van der Waals surface area contributed by atoms with E-state index in [1.165, 1.54) is 35.1 Å². The van der Waals surface area contributed by atoms with E-state index >= 15 is 0 Å². The van der Waals surface area contributed by atoms with E-state index in [0.717, 1.165) is 6.26 Å². The van der Waals surface area contributed by atoms with Crippen LogP contribution in [0.25, 0.3) is 16.9 Å². The molecular weight excluding hydrogens is 330 g/mol. The van der Waals surface area contributed by atoms with Crippen LogP contribution in [-0.4, -0.2) is 29.4 Å². The monoisotopic (exact) mass is 343 g/mol. The van der Waals surface area contributed by atoms with Gasteiger partial charge in [0.25, 0.3) is 5.69 Å². The summed E-state index contributed by atoms with van der Waals surface area (Å²) in [5.74, 6) is 0. The van der Waals surface area contributed by atoms with Crippen molar-refractivity contribution in [2.45, 2.75) is 4.90 Å². The van der Waals surface area contributed by atoms with Crippen molar-refractivity contribution < 1.29 is 13.3 Å². The molecule has 0 aliphatic heterocycles. The van der Waals surface area contributed by atoms with E-state index < -0.39 is 14.8 Å². The lowest BCUT2D eigenvalue weighted by Crippen LogP contribution is -2.03. The number of nitro benzene ring substituents is 1. The molecule has 0 N–H and O–H groups in total. The molecule has 8 heteroatoms. The van der Waals surface area contributed by atoms with Crippen LogP contribution < -0.4 is 0 Å². The molecule has 3 rings (SSSR count). The van der Waals surface area contributed by atoms with Gasteiger partial charge in [0.15, 0.2) is 9.84 Å². The molecule has 0 unspecified atom stereocenters. The van der Waals surface area contributed by atoms with Gasteiger partial charge in [0.2, 0.25) is 0 Å². The lowest BCUT2D eigenvalue weighted by molar-refractivity contribution is -0.384. The Morgan fingerprint density at radius 3 is 2.21 bits per heavy atom. The van der Waals surface area contributed by atoms with Crippen molar-refractivity contribution in [2.24, 2.45) is 0 Å². The molecule has 0 saturated carbocycles. The SMILES string of the molecule is CS(=O)(=O)c1cnn(-c2ccc([N+](=O)[O-])cc2)c1-c1ccccc1. The number of aromatic nitrogens is 2. The first-order valence-electron chi connectivity index (χ1n) is 6.96. The number of sulfone groups is 1. The Hall–Kier alpha value is -3.00. The van der Waals surface area contributed by atoms with Gasteiger partial charge in [0.05, 0.1) is 22.5 Å². The first-order chi connectivity index (χ1) is 11.4. The number of rotatable bonds is 4. The highest BCUT2D eigenvalue weighted by molar-refractivity contribution is 7.90. The van der Waals surface area contributed by atoms with Crippen LogP contribution >= 0.6 is 0 Å². The fraction of sp³-hybridized carbons (Fsp3) is 0.0625. The third-order valence-electron chi connectivity index (χ3n) is 3.49. The van der Waals surface area contributed by atoms with E-state index in [1.807, 2.05) is 6.07 Å². The molecular formula is C16H13N3O4S. The predicted octanol–water partition coefficient (Wildman–Crippen LogP) is 2.85. The topological polar surface area (TPSA) is 95.1 Å². The van der Waals surface area contributed by atoms with Gasteiger partial charge in [-0.15, -0.1) is 0 Å².